The highest BCUT2D eigenvalue weighted by molar-refractivity contribution is 9.26. The van der Waals surface area contributed by atoms with Crippen LogP contribution in [0, 0.1) is 0 Å². The van der Waals surface area contributed by atoms with Crippen molar-refractivity contribution >= 4 is 37.6 Å². The van der Waals surface area contributed by atoms with Crippen molar-refractivity contribution in [2.45, 2.75) is 47.9 Å². The average molecular weight is 390 g/mol. The molecule has 4 heteroatoms. The van der Waals surface area contributed by atoms with Crippen molar-refractivity contribution in [3.8, 4) is 0 Å². The van der Waals surface area contributed by atoms with Crippen LogP contribution < -0.4 is 0 Å². The molecule has 0 heterocycles. The maximum absolute atomic E-state index is 12.6. The molecule has 104 valence electrons. The summed E-state index contributed by atoms with van der Waals surface area (Å²) in [5.74, 6) is -0.112. The number of aliphatic hydroxyl groups is 1. The van der Waals surface area contributed by atoms with Crippen molar-refractivity contribution in [2.75, 3.05) is 0 Å². The number of alkyl halides is 2. The molecule has 0 atom stereocenters. The molecule has 1 saturated carbocycles. The topological polar surface area (TPSA) is 37.3 Å². The van der Waals surface area contributed by atoms with E-state index in [4.69, 9.17) is 0 Å². The molecule has 0 bridgehead atoms. The molecule has 0 aromatic heterocycles. The SMILES string of the molecule is CCc1ccc(C(=O)C(Br)(Br)C2(O)CCCC2)cc1. The molecule has 1 aromatic carbocycles. The second kappa shape index (κ2) is 5.66. The molecule has 0 radical (unpaired) electrons. The van der Waals surface area contributed by atoms with Crippen molar-refractivity contribution in [3.63, 3.8) is 0 Å². The maximum atomic E-state index is 12.6. The van der Waals surface area contributed by atoms with Gasteiger partial charge >= 0.3 is 0 Å². The summed E-state index contributed by atoms with van der Waals surface area (Å²) in [5.41, 5.74) is 0.810. The highest BCUT2D eigenvalue weighted by Crippen LogP contribution is 2.49. The fraction of sp³-hybridized carbons (Fsp3) is 0.533. The van der Waals surface area contributed by atoms with Gasteiger partial charge in [-0.3, -0.25) is 4.79 Å². The molecule has 19 heavy (non-hydrogen) atoms. The van der Waals surface area contributed by atoms with Gasteiger partial charge < -0.3 is 5.11 Å². The van der Waals surface area contributed by atoms with Crippen LogP contribution in [0.2, 0.25) is 0 Å². The highest BCUT2D eigenvalue weighted by atomic mass is 79.9. The first-order valence-corrected chi connectivity index (χ1v) is 8.23. The fourth-order valence-corrected chi connectivity index (χ4v) is 3.81. The summed E-state index contributed by atoms with van der Waals surface area (Å²) in [7, 11) is 0. The molecule has 1 fully saturated rings. The monoisotopic (exact) mass is 388 g/mol. The van der Waals surface area contributed by atoms with Gasteiger partial charge in [0.15, 0.2) is 9.02 Å². The van der Waals surface area contributed by atoms with Gasteiger partial charge in [0.25, 0.3) is 0 Å². The van der Waals surface area contributed by atoms with Gasteiger partial charge in [-0.05, 0) is 24.8 Å². The minimum Gasteiger partial charge on any atom is -0.387 e. The Balaban J connectivity index is 2.26. The zero-order valence-electron chi connectivity index (χ0n) is 11.0. The lowest BCUT2D eigenvalue weighted by atomic mass is 9.91. The first kappa shape index (κ1) is 15.2. The average Bonchev–Trinajstić information content (AvgIpc) is 2.86. The fourth-order valence-electron chi connectivity index (χ4n) is 2.56. The molecule has 1 aromatic rings. The van der Waals surface area contributed by atoms with Gasteiger partial charge in [0.2, 0.25) is 0 Å². The van der Waals surface area contributed by atoms with Crippen LogP contribution in [0.4, 0.5) is 0 Å². The lowest BCUT2D eigenvalue weighted by molar-refractivity contribution is 0.0367. The highest BCUT2D eigenvalue weighted by Gasteiger charge is 2.53. The number of hydrogen-bond acceptors (Lipinski definition) is 2. The Labute approximate surface area is 130 Å². The van der Waals surface area contributed by atoms with Crippen LogP contribution in [-0.4, -0.2) is 19.7 Å². The number of ketones is 1. The van der Waals surface area contributed by atoms with Crippen LogP contribution in [0.1, 0.15) is 48.5 Å². The molecule has 1 aliphatic carbocycles. The zero-order valence-corrected chi connectivity index (χ0v) is 14.1. The molecule has 0 saturated heterocycles. The Morgan fingerprint density at radius 1 is 1.26 bits per heavy atom. The van der Waals surface area contributed by atoms with Crippen molar-refractivity contribution < 1.29 is 9.90 Å². The minimum atomic E-state index is -1.09. The number of carbonyl (C=O) groups is 1. The molecular formula is C15H18Br2O2. The van der Waals surface area contributed by atoms with Crippen molar-refractivity contribution in [1.29, 1.82) is 0 Å². The molecular weight excluding hydrogens is 372 g/mol. The number of halogens is 2. The van der Waals surface area contributed by atoms with Crippen LogP contribution in [0.5, 0.6) is 0 Å². The van der Waals surface area contributed by atoms with E-state index in [1.807, 2.05) is 24.3 Å². The maximum Gasteiger partial charge on any atom is 0.193 e. The van der Waals surface area contributed by atoms with E-state index in [1.54, 1.807) is 0 Å². The second-order valence-electron chi connectivity index (χ2n) is 5.19. The summed E-state index contributed by atoms with van der Waals surface area (Å²) in [6.07, 6.45) is 4.14. The number of aryl methyl sites for hydroxylation is 1. The van der Waals surface area contributed by atoms with Crippen LogP contribution in [0.15, 0.2) is 24.3 Å². The Bertz CT molecular complexity index is 460. The second-order valence-corrected chi connectivity index (χ2v) is 8.64. The van der Waals surface area contributed by atoms with E-state index in [1.165, 1.54) is 5.56 Å². The van der Waals surface area contributed by atoms with Crippen LogP contribution >= 0.6 is 31.9 Å². The van der Waals surface area contributed by atoms with Crippen LogP contribution in [0.25, 0.3) is 0 Å². The van der Waals surface area contributed by atoms with E-state index < -0.39 is 8.83 Å². The summed E-state index contributed by atoms with van der Waals surface area (Å²) in [4.78, 5) is 12.6. The van der Waals surface area contributed by atoms with Gasteiger partial charge in [-0.1, -0.05) is 75.9 Å². The third kappa shape index (κ3) is 2.81. The molecule has 0 spiro atoms. The number of carbonyl (C=O) groups excluding carboxylic acids is 1. The predicted octanol–water partition coefficient (Wildman–Crippen LogP) is 4.22. The van der Waals surface area contributed by atoms with Crippen LogP contribution in [0.3, 0.4) is 0 Å². The van der Waals surface area contributed by atoms with E-state index in [2.05, 4.69) is 38.8 Å². The Morgan fingerprint density at radius 2 is 1.79 bits per heavy atom. The van der Waals surface area contributed by atoms with E-state index in [0.29, 0.717) is 18.4 Å². The summed E-state index contributed by atoms with van der Waals surface area (Å²) in [6.45, 7) is 2.08. The molecule has 0 unspecified atom stereocenters. The van der Waals surface area contributed by atoms with E-state index in [-0.39, 0.29) is 5.78 Å². The molecule has 1 N–H and O–H groups in total. The quantitative estimate of drug-likeness (QED) is 0.618. The zero-order chi connectivity index (χ0) is 14.1. The molecule has 1 aliphatic rings. The van der Waals surface area contributed by atoms with Gasteiger partial charge in [0.05, 0.1) is 5.60 Å². The van der Waals surface area contributed by atoms with E-state index >= 15 is 0 Å². The molecule has 0 aliphatic heterocycles. The first-order chi connectivity index (χ1) is 8.90. The standard InChI is InChI=1S/C15H18Br2O2/c1-2-11-5-7-12(8-6-11)13(18)15(16,17)14(19)9-3-4-10-14/h5-8,19H,2-4,9-10H2,1H3. The minimum absolute atomic E-state index is 0.112. The molecule has 2 nitrogen and oxygen atoms in total. The Hall–Kier alpha value is -0.190. The lowest BCUT2D eigenvalue weighted by Crippen LogP contribution is -2.48. The third-order valence-corrected chi connectivity index (χ3v) is 6.12. The van der Waals surface area contributed by atoms with Crippen molar-refractivity contribution in [1.82, 2.24) is 0 Å². The van der Waals surface area contributed by atoms with Crippen molar-refractivity contribution in [2.24, 2.45) is 0 Å². The predicted molar refractivity (Wildman–Crippen MR) is 84.2 cm³/mol. The summed E-state index contributed by atoms with van der Waals surface area (Å²) in [5, 5.41) is 10.6. The van der Waals surface area contributed by atoms with E-state index in [9.17, 15) is 9.90 Å². The largest absolute Gasteiger partial charge is 0.387 e. The Morgan fingerprint density at radius 3 is 2.26 bits per heavy atom. The number of hydrogen-bond donors (Lipinski definition) is 1. The first-order valence-electron chi connectivity index (χ1n) is 6.64. The van der Waals surface area contributed by atoms with Gasteiger partial charge in [-0.15, -0.1) is 0 Å². The smallest absolute Gasteiger partial charge is 0.193 e. The van der Waals surface area contributed by atoms with Crippen molar-refractivity contribution in [3.05, 3.63) is 35.4 Å². The van der Waals surface area contributed by atoms with Gasteiger partial charge in [0.1, 0.15) is 0 Å². The number of benzene rings is 1. The van der Waals surface area contributed by atoms with Gasteiger partial charge in [-0.25, -0.2) is 0 Å². The number of rotatable bonds is 4. The van der Waals surface area contributed by atoms with Gasteiger partial charge in [0, 0.05) is 5.56 Å². The Kier molecular flexibility index (Phi) is 4.53. The normalized spacial score (nSPS) is 18.5. The lowest BCUT2D eigenvalue weighted by Gasteiger charge is -2.35. The third-order valence-electron chi connectivity index (χ3n) is 3.92. The summed E-state index contributed by atoms with van der Waals surface area (Å²) < 4.78 is -1.09. The number of Topliss-reactive ketones (excluding diaryl/α,β-unsaturated/α-hetero) is 1. The van der Waals surface area contributed by atoms with Crippen LogP contribution in [-0.2, 0) is 6.42 Å². The summed E-state index contributed by atoms with van der Waals surface area (Å²) in [6, 6.07) is 7.58. The molecule has 0 amide bonds. The van der Waals surface area contributed by atoms with Gasteiger partial charge in [-0.2, -0.15) is 0 Å². The van der Waals surface area contributed by atoms with E-state index in [0.717, 1.165) is 19.3 Å². The summed E-state index contributed by atoms with van der Waals surface area (Å²) >= 11 is 6.84. The molecule has 2 rings (SSSR count).